The fourth-order valence-electron chi connectivity index (χ4n) is 1.49. The second kappa shape index (κ2) is 6.16. The lowest BCUT2D eigenvalue weighted by atomic mass is 10.3. The molecule has 5 nitrogen and oxygen atoms in total. The molecule has 104 valence electrons. The summed E-state index contributed by atoms with van der Waals surface area (Å²) in [6, 6.07) is 5.23. The normalized spacial score (nSPS) is 12.8. The van der Waals surface area contributed by atoms with Crippen molar-refractivity contribution in [3.8, 4) is 0 Å². The number of carbonyl (C=O) groups is 2. The number of ketones is 1. The highest BCUT2D eigenvalue weighted by Crippen LogP contribution is 2.20. The van der Waals surface area contributed by atoms with Crippen LogP contribution >= 0.6 is 11.6 Å². The van der Waals surface area contributed by atoms with Crippen LogP contribution < -0.4 is 0 Å². The van der Waals surface area contributed by atoms with E-state index in [1.54, 1.807) is 0 Å². The van der Waals surface area contributed by atoms with Crippen LogP contribution in [0.15, 0.2) is 29.2 Å². The summed E-state index contributed by atoms with van der Waals surface area (Å²) < 4.78 is 29.1. The van der Waals surface area contributed by atoms with Crippen molar-refractivity contribution >= 4 is 33.2 Å². The first-order valence-corrected chi connectivity index (χ1v) is 7.39. The Labute approximate surface area is 116 Å². The highest BCUT2D eigenvalue weighted by Gasteiger charge is 2.39. The lowest BCUT2D eigenvalue weighted by Gasteiger charge is -2.13. The average molecular weight is 305 g/mol. The van der Waals surface area contributed by atoms with Gasteiger partial charge < -0.3 is 4.74 Å². The molecule has 1 unspecified atom stereocenters. The number of esters is 1. The Hall–Kier alpha value is -1.40. The van der Waals surface area contributed by atoms with Gasteiger partial charge in [0.15, 0.2) is 15.6 Å². The summed E-state index contributed by atoms with van der Waals surface area (Å²) >= 11 is 5.66. The zero-order valence-electron chi connectivity index (χ0n) is 10.4. The van der Waals surface area contributed by atoms with Gasteiger partial charge in [0.25, 0.3) is 0 Å². The van der Waals surface area contributed by atoms with Crippen molar-refractivity contribution in [1.29, 1.82) is 0 Å². The van der Waals surface area contributed by atoms with Crippen LogP contribution in [-0.2, 0) is 24.2 Å². The molecule has 7 heteroatoms. The van der Waals surface area contributed by atoms with E-state index in [1.165, 1.54) is 31.2 Å². The summed E-state index contributed by atoms with van der Waals surface area (Å²) in [4.78, 5) is 22.9. The quantitative estimate of drug-likeness (QED) is 0.610. The van der Waals surface area contributed by atoms with Crippen molar-refractivity contribution in [3.05, 3.63) is 29.3 Å². The van der Waals surface area contributed by atoms with Gasteiger partial charge in [0.1, 0.15) is 0 Å². The van der Waals surface area contributed by atoms with E-state index in [0.29, 0.717) is 5.02 Å². The largest absolute Gasteiger partial charge is 0.465 e. The molecule has 1 atom stereocenters. The van der Waals surface area contributed by atoms with Crippen LogP contribution in [0.5, 0.6) is 0 Å². The highest BCUT2D eigenvalue weighted by atomic mass is 35.5. The Morgan fingerprint density at radius 3 is 2.21 bits per heavy atom. The Bertz CT molecular complexity index is 577. The van der Waals surface area contributed by atoms with Crippen LogP contribution in [0.4, 0.5) is 0 Å². The summed E-state index contributed by atoms with van der Waals surface area (Å²) in [6.07, 6.45) is 0. The summed E-state index contributed by atoms with van der Waals surface area (Å²) in [6.45, 7) is 2.57. The lowest BCUT2D eigenvalue weighted by Crippen LogP contribution is -2.38. The summed E-state index contributed by atoms with van der Waals surface area (Å²) in [7, 11) is -4.12. The van der Waals surface area contributed by atoms with Gasteiger partial charge in [-0.05, 0) is 38.1 Å². The van der Waals surface area contributed by atoms with E-state index in [-0.39, 0.29) is 11.5 Å². The molecule has 0 aliphatic heterocycles. The minimum Gasteiger partial charge on any atom is -0.465 e. The molecular formula is C12H13ClO5S. The molecule has 0 aromatic heterocycles. The summed E-state index contributed by atoms with van der Waals surface area (Å²) in [5.41, 5.74) is 0. The Balaban J connectivity index is 3.24. The smallest absolute Gasteiger partial charge is 0.332 e. The monoisotopic (exact) mass is 304 g/mol. The van der Waals surface area contributed by atoms with E-state index in [9.17, 15) is 18.0 Å². The van der Waals surface area contributed by atoms with Crippen molar-refractivity contribution in [1.82, 2.24) is 0 Å². The molecule has 0 aliphatic carbocycles. The van der Waals surface area contributed by atoms with Gasteiger partial charge in [-0.15, -0.1) is 0 Å². The number of benzene rings is 1. The maximum atomic E-state index is 12.2. The van der Waals surface area contributed by atoms with Crippen LogP contribution in [0.1, 0.15) is 13.8 Å². The Kier molecular flexibility index (Phi) is 5.08. The first-order chi connectivity index (χ1) is 8.80. The number of halogens is 1. The van der Waals surface area contributed by atoms with Gasteiger partial charge in [0.2, 0.25) is 5.25 Å². The van der Waals surface area contributed by atoms with Crippen molar-refractivity contribution in [3.63, 3.8) is 0 Å². The molecular weight excluding hydrogens is 292 g/mol. The molecule has 0 saturated carbocycles. The van der Waals surface area contributed by atoms with Gasteiger partial charge in [-0.1, -0.05) is 11.6 Å². The number of ether oxygens (including phenoxy) is 1. The Morgan fingerprint density at radius 1 is 1.26 bits per heavy atom. The van der Waals surface area contributed by atoms with Crippen LogP contribution in [0.2, 0.25) is 5.02 Å². The molecule has 1 aromatic carbocycles. The number of hydrogen-bond acceptors (Lipinski definition) is 5. The van der Waals surface area contributed by atoms with E-state index >= 15 is 0 Å². The topological polar surface area (TPSA) is 77.5 Å². The summed E-state index contributed by atoms with van der Waals surface area (Å²) in [5.74, 6) is -1.85. The SMILES string of the molecule is CCOC(=O)C(C(C)=O)S(=O)(=O)c1ccc(Cl)cc1. The highest BCUT2D eigenvalue weighted by molar-refractivity contribution is 7.93. The molecule has 0 spiro atoms. The fourth-order valence-corrected chi connectivity index (χ4v) is 3.16. The molecule has 1 rings (SSSR count). The molecule has 1 aromatic rings. The Morgan fingerprint density at radius 2 is 1.79 bits per heavy atom. The van der Waals surface area contributed by atoms with E-state index in [1.807, 2.05) is 0 Å². The maximum Gasteiger partial charge on any atom is 0.332 e. The number of rotatable bonds is 5. The minimum atomic E-state index is -4.12. The van der Waals surface area contributed by atoms with E-state index in [0.717, 1.165) is 6.92 Å². The molecule has 0 saturated heterocycles. The van der Waals surface area contributed by atoms with E-state index < -0.39 is 26.8 Å². The van der Waals surface area contributed by atoms with E-state index in [4.69, 9.17) is 11.6 Å². The second-order valence-corrected chi connectivity index (χ2v) is 6.21. The third kappa shape index (κ3) is 3.54. The standard InChI is InChI=1S/C12H13ClO5S/c1-3-18-12(15)11(8(2)14)19(16,17)10-6-4-9(13)5-7-10/h4-7,11H,3H2,1-2H3. The first-order valence-electron chi connectivity index (χ1n) is 5.47. The molecule has 0 aliphatic rings. The third-order valence-corrected chi connectivity index (χ3v) is 4.65. The molecule has 0 bridgehead atoms. The van der Waals surface area contributed by atoms with Crippen molar-refractivity contribution in [2.45, 2.75) is 24.0 Å². The average Bonchev–Trinajstić information content (AvgIpc) is 2.28. The zero-order valence-corrected chi connectivity index (χ0v) is 12.0. The molecule has 0 radical (unpaired) electrons. The van der Waals surface area contributed by atoms with Crippen LogP contribution in [-0.4, -0.2) is 32.0 Å². The first kappa shape index (κ1) is 15.7. The number of Topliss-reactive ketones (excluding diaryl/α,β-unsaturated/α-hetero) is 1. The number of hydrogen-bond donors (Lipinski definition) is 0. The van der Waals surface area contributed by atoms with Crippen LogP contribution in [0.3, 0.4) is 0 Å². The molecule has 0 heterocycles. The maximum absolute atomic E-state index is 12.2. The zero-order chi connectivity index (χ0) is 14.6. The van der Waals surface area contributed by atoms with Gasteiger partial charge >= 0.3 is 5.97 Å². The fraction of sp³-hybridized carbons (Fsp3) is 0.333. The van der Waals surface area contributed by atoms with Crippen molar-refractivity contribution in [2.75, 3.05) is 6.61 Å². The van der Waals surface area contributed by atoms with Gasteiger partial charge in [-0.25, -0.2) is 8.42 Å². The predicted molar refractivity (Wildman–Crippen MR) is 69.7 cm³/mol. The van der Waals surface area contributed by atoms with Crippen LogP contribution in [0, 0.1) is 0 Å². The molecule has 0 fully saturated rings. The van der Waals surface area contributed by atoms with Gasteiger partial charge in [0.05, 0.1) is 11.5 Å². The van der Waals surface area contributed by atoms with Crippen molar-refractivity contribution < 1.29 is 22.7 Å². The molecule has 0 N–H and O–H groups in total. The van der Waals surface area contributed by atoms with Crippen molar-refractivity contribution in [2.24, 2.45) is 0 Å². The molecule has 0 amide bonds. The predicted octanol–water partition coefficient (Wildman–Crippen LogP) is 1.63. The third-order valence-electron chi connectivity index (χ3n) is 2.32. The van der Waals surface area contributed by atoms with Crippen LogP contribution in [0.25, 0.3) is 0 Å². The van der Waals surface area contributed by atoms with Gasteiger partial charge in [0, 0.05) is 5.02 Å². The lowest BCUT2D eigenvalue weighted by molar-refractivity contribution is -0.144. The number of carbonyl (C=O) groups excluding carboxylic acids is 2. The number of sulfone groups is 1. The summed E-state index contributed by atoms with van der Waals surface area (Å²) in [5, 5.41) is -1.48. The molecule has 19 heavy (non-hydrogen) atoms. The second-order valence-electron chi connectivity index (χ2n) is 3.74. The van der Waals surface area contributed by atoms with Gasteiger partial charge in [-0.2, -0.15) is 0 Å². The van der Waals surface area contributed by atoms with E-state index in [2.05, 4.69) is 4.74 Å². The minimum absolute atomic E-state index is 0.00124. The van der Waals surface area contributed by atoms with Gasteiger partial charge in [-0.3, -0.25) is 9.59 Å².